The maximum atomic E-state index is 13.1. The second kappa shape index (κ2) is 6.31. The summed E-state index contributed by atoms with van der Waals surface area (Å²) < 4.78 is 11.0. The molecule has 1 atom stereocenters. The lowest BCUT2D eigenvalue weighted by Gasteiger charge is -2.24. The fourth-order valence-electron chi connectivity index (χ4n) is 3.44. The van der Waals surface area contributed by atoms with Crippen LogP contribution in [0.15, 0.2) is 57.7 Å². The molecule has 0 aliphatic carbocycles. The van der Waals surface area contributed by atoms with Gasteiger partial charge in [0.2, 0.25) is 5.76 Å². The van der Waals surface area contributed by atoms with Crippen molar-refractivity contribution in [3.05, 3.63) is 75.6 Å². The molecule has 0 radical (unpaired) electrons. The largest absolute Gasteiger partial charge is 0.497 e. The van der Waals surface area contributed by atoms with Crippen molar-refractivity contribution in [1.82, 2.24) is 4.90 Å². The van der Waals surface area contributed by atoms with Crippen molar-refractivity contribution in [2.75, 3.05) is 20.3 Å². The molecule has 1 aromatic heterocycles. The van der Waals surface area contributed by atoms with Crippen molar-refractivity contribution >= 4 is 16.9 Å². The fraction of sp³-hybridized carbons (Fsp3) is 0.200. The number of fused-ring (bicyclic) bond motifs is 2. The Hall–Kier alpha value is -3.12. The topological polar surface area (TPSA) is 80.0 Å². The number of methoxy groups -OCH3 is 1. The molecule has 0 bridgehead atoms. The standard InChI is InChI=1S/C20H17NO5/c1-25-13-8-6-12(7-9-13)17-16-18(23)14-4-2-3-5-15(14)26-19(16)20(24)21(17)10-11-22/h2-9,17,22H,10-11H2,1H3/t17-/m1/s1. The van der Waals surface area contributed by atoms with Gasteiger partial charge in [-0.2, -0.15) is 0 Å². The van der Waals surface area contributed by atoms with Crippen LogP contribution in [-0.2, 0) is 0 Å². The third-order valence-electron chi connectivity index (χ3n) is 4.65. The number of ether oxygens (including phenoxy) is 1. The zero-order valence-electron chi connectivity index (χ0n) is 14.1. The van der Waals surface area contributed by atoms with Crippen molar-refractivity contribution in [2.45, 2.75) is 6.04 Å². The van der Waals surface area contributed by atoms with Crippen LogP contribution in [0, 0.1) is 0 Å². The molecule has 0 fully saturated rings. The molecule has 2 aromatic carbocycles. The lowest BCUT2D eigenvalue weighted by molar-refractivity contribution is 0.0691. The predicted octanol–water partition coefficient (Wildman–Crippen LogP) is 2.34. The van der Waals surface area contributed by atoms with Crippen molar-refractivity contribution < 1.29 is 19.1 Å². The molecule has 0 unspecified atom stereocenters. The van der Waals surface area contributed by atoms with E-state index >= 15 is 0 Å². The van der Waals surface area contributed by atoms with E-state index in [0.29, 0.717) is 22.3 Å². The zero-order valence-corrected chi connectivity index (χ0v) is 14.1. The Morgan fingerprint density at radius 1 is 1.12 bits per heavy atom. The van der Waals surface area contributed by atoms with Crippen LogP contribution in [0.25, 0.3) is 11.0 Å². The molecule has 1 aliphatic rings. The van der Waals surface area contributed by atoms with Gasteiger partial charge in [-0.25, -0.2) is 0 Å². The van der Waals surface area contributed by atoms with Gasteiger partial charge in [-0.3, -0.25) is 9.59 Å². The van der Waals surface area contributed by atoms with Gasteiger partial charge in [0, 0.05) is 6.54 Å². The normalized spacial score (nSPS) is 16.2. The molecule has 0 saturated carbocycles. The first kappa shape index (κ1) is 16.4. The summed E-state index contributed by atoms with van der Waals surface area (Å²) in [5, 5.41) is 9.84. The van der Waals surface area contributed by atoms with E-state index < -0.39 is 11.9 Å². The molecule has 1 N–H and O–H groups in total. The molecule has 3 aromatic rings. The van der Waals surface area contributed by atoms with Crippen molar-refractivity contribution in [2.24, 2.45) is 0 Å². The summed E-state index contributed by atoms with van der Waals surface area (Å²) in [5.41, 5.74) is 1.22. The summed E-state index contributed by atoms with van der Waals surface area (Å²) in [7, 11) is 1.57. The second-order valence-electron chi connectivity index (χ2n) is 6.07. The number of rotatable bonds is 4. The average molecular weight is 351 g/mol. The Kier molecular flexibility index (Phi) is 3.97. The van der Waals surface area contributed by atoms with E-state index in [2.05, 4.69) is 0 Å². The zero-order chi connectivity index (χ0) is 18.3. The van der Waals surface area contributed by atoms with Gasteiger partial charge in [-0.1, -0.05) is 24.3 Å². The van der Waals surface area contributed by atoms with Crippen LogP contribution in [0.2, 0.25) is 0 Å². The van der Waals surface area contributed by atoms with Crippen LogP contribution in [0.3, 0.4) is 0 Å². The molecule has 4 rings (SSSR count). The molecular weight excluding hydrogens is 334 g/mol. The number of hydrogen-bond acceptors (Lipinski definition) is 5. The lowest BCUT2D eigenvalue weighted by atomic mass is 9.98. The summed E-state index contributed by atoms with van der Waals surface area (Å²) in [4.78, 5) is 27.4. The Morgan fingerprint density at radius 2 is 1.85 bits per heavy atom. The van der Waals surface area contributed by atoms with Crippen molar-refractivity contribution in [3.8, 4) is 5.75 Å². The molecule has 0 saturated heterocycles. The van der Waals surface area contributed by atoms with E-state index in [1.165, 1.54) is 4.90 Å². The van der Waals surface area contributed by atoms with Gasteiger partial charge >= 0.3 is 0 Å². The van der Waals surface area contributed by atoms with Crippen LogP contribution in [-0.4, -0.2) is 36.2 Å². The van der Waals surface area contributed by atoms with Gasteiger partial charge < -0.3 is 19.2 Å². The Balaban J connectivity index is 1.96. The number of aliphatic hydroxyl groups excluding tert-OH is 1. The number of amides is 1. The molecule has 0 spiro atoms. The van der Waals surface area contributed by atoms with E-state index in [1.807, 2.05) is 12.1 Å². The molecule has 2 heterocycles. The smallest absolute Gasteiger partial charge is 0.290 e. The number of aliphatic hydroxyl groups is 1. The van der Waals surface area contributed by atoms with Gasteiger partial charge in [0.15, 0.2) is 5.43 Å². The molecule has 26 heavy (non-hydrogen) atoms. The maximum Gasteiger partial charge on any atom is 0.290 e. The Labute approximate surface area is 149 Å². The highest BCUT2D eigenvalue weighted by Crippen LogP contribution is 2.38. The summed E-state index contributed by atoms with van der Waals surface area (Å²) in [6.45, 7) is -0.102. The van der Waals surface area contributed by atoms with Crippen LogP contribution in [0.4, 0.5) is 0 Å². The van der Waals surface area contributed by atoms with Crippen LogP contribution in [0.5, 0.6) is 5.75 Å². The number of carbonyl (C=O) groups excluding carboxylic acids is 1. The highest BCUT2D eigenvalue weighted by atomic mass is 16.5. The van der Waals surface area contributed by atoms with Gasteiger partial charge in [0.1, 0.15) is 11.3 Å². The molecule has 6 heteroatoms. The van der Waals surface area contributed by atoms with E-state index in [-0.39, 0.29) is 24.3 Å². The minimum Gasteiger partial charge on any atom is -0.497 e. The number of para-hydroxylation sites is 1. The van der Waals surface area contributed by atoms with Crippen LogP contribution in [0.1, 0.15) is 27.7 Å². The van der Waals surface area contributed by atoms with E-state index in [0.717, 1.165) is 5.56 Å². The monoisotopic (exact) mass is 351 g/mol. The molecule has 1 amide bonds. The van der Waals surface area contributed by atoms with E-state index in [9.17, 15) is 14.7 Å². The third-order valence-corrected chi connectivity index (χ3v) is 4.65. The minimum atomic E-state index is -0.601. The molecule has 132 valence electrons. The predicted molar refractivity (Wildman–Crippen MR) is 95.4 cm³/mol. The number of β-amino-alcohol motifs (C(OH)–C–C–N with tert-alkyl or cyclic N) is 1. The molecular formula is C20H17NO5. The molecule has 1 aliphatic heterocycles. The quantitative estimate of drug-likeness (QED) is 0.780. The number of carbonyl (C=O) groups is 1. The highest BCUT2D eigenvalue weighted by molar-refractivity contribution is 5.99. The van der Waals surface area contributed by atoms with Gasteiger partial charge in [0.25, 0.3) is 5.91 Å². The van der Waals surface area contributed by atoms with Crippen LogP contribution < -0.4 is 10.2 Å². The van der Waals surface area contributed by atoms with Crippen LogP contribution >= 0.6 is 0 Å². The van der Waals surface area contributed by atoms with Crippen molar-refractivity contribution in [3.63, 3.8) is 0 Å². The van der Waals surface area contributed by atoms with E-state index in [1.54, 1.807) is 43.5 Å². The first-order valence-corrected chi connectivity index (χ1v) is 8.27. The number of hydrogen-bond donors (Lipinski definition) is 1. The van der Waals surface area contributed by atoms with E-state index in [4.69, 9.17) is 9.15 Å². The maximum absolute atomic E-state index is 13.1. The number of nitrogens with zero attached hydrogens (tertiary/aromatic N) is 1. The number of benzene rings is 2. The van der Waals surface area contributed by atoms with Gasteiger partial charge in [-0.05, 0) is 29.8 Å². The lowest BCUT2D eigenvalue weighted by Crippen LogP contribution is -2.32. The summed E-state index contributed by atoms with van der Waals surface area (Å²) in [5.74, 6) is 0.332. The fourth-order valence-corrected chi connectivity index (χ4v) is 3.44. The molecule has 6 nitrogen and oxygen atoms in total. The van der Waals surface area contributed by atoms with Crippen molar-refractivity contribution in [1.29, 1.82) is 0 Å². The third kappa shape index (κ3) is 2.38. The SMILES string of the molecule is COc1ccc([C@@H]2c3c(oc4ccccc4c3=O)C(=O)N2CCO)cc1. The van der Waals surface area contributed by atoms with Gasteiger partial charge in [0.05, 0.1) is 30.7 Å². The second-order valence-corrected chi connectivity index (χ2v) is 6.07. The average Bonchev–Trinajstić information content (AvgIpc) is 2.95. The summed E-state index contributed by atoms with van der Waals surface area (Å²) >= 11 is 0. The first-order chi connectivity index (χ1) is 12.7. The first-order valence-electron chi connectivity index (χ1n) is 8.27. The van der Waals surface area contributed by atoms with Gasteiger partial charge in [-0.15, -0.1) is 0 Å². The minimum absolute atomic E-state index is 0.0444. The highest BCUT2D eigenvalue weighted by Gasteiger charge is 2.42. The summed E-state index contributed by atoms with van der Waals surface area (Å²) in [6, 6.07) is 13.4. The Bertz CT molecular complexity index is 1040. The Morgan fingerprint density at radius 3 is 2.54 bits per heavy atom. The summed E-state index contributed by atoms with van der Waals surface area (Å²) in [6.07, 6.45) is 0.